The maximum atomic E-state index is 11.7. The van der Waals surface area contributed by atoms with Gasteiger partial charge in [0, 0.05) is 13.1 Å². The second-order valence-corrected chi connectivity index (χ2v) is 6.43. The van der Waals surface area contributed by atoms with Crippen LogP contribution in [0.25, 0.3) is 0 Å². The molecule has 0 aliphatic carbocycles. The van der Waals surface area contributed by atoms with E-state index >= 15 is 0 Å². The van der Waals surface area contributed by atoms with Crippen molar-refractivity contribution in [3.63, 3.8) is 0 Å². The summed E-state index contributed by atoms with van der Waals surface area (Å²) in [4.78, 5) is 11.0. The van der Waals surface area contributed by atoms with E-state index in [2.05, 4.69) is 4.72 Å². The standard InChI is InChI=1S/C9H21N3O3S/c1-4-7(5-10)16(14,15)12-6-9(2,3)8(11)13/h7,12H,4-6,10H2,1-3H3,(H2,11,13). The quantitative estimate of drug-likeness (QED) is 0.547. The van der Waals surface area contributed by atoms with Crippen molar-refractivity contribution in [2.24, 2.45) is 16.9 Å². The fraction of sp³-hybridized carbons (Fsp3) is 0.889. The van der Waals surface area contributed by atoms with Gasteiger partial charge in [-0.1, -0.05) is 6.92 Å². The van der Waals surface area contributed by atoms with E-state index < -0.39 is 26.6 Å². The number of primary amides is 1. The smallest absolute Gasteiger partial charge is 0.224 e. The number of hydrogen-bond donors (Lipinski definition) is 3. The minimum Gasteiger partial charge on any atom is -0.369 e. The van der Waals surface area contributed by atoms with Crippen LogP contribution in [0.4, 0.5) is 0 Å². The molecule has 0 fully saturated rings. The molecule has 5 N–H and O–H groups in total. The van der Waals surface area contributed by atoms with Crippen LogP contribution in [0.5, 0.6) is 0 Å². The summed E-state index contributed by atoms with van der Waals surface area (Å²) in [6.45, 7) is 4.96. The Morgan fingerprint density at radius 2 is 1.94 bits per heavy atom. The van der Waals surface area contributed by atoms with Crippen LogP contribution in [0, 0.1) is 5.41 Å². The minimum atomic E-state index is -3.47. The number of amides is 1. The fourth-order valence-electron chi connectivity index (χ4n) is 0.999. The molecular formula is C9H21N3O3S. The molecule has 0 bridgehead atoms. The van der Waals surface area contributed by atoms with E-state index in [1.165, 1.54) is 0 Å². The van der Waals surface area contributed by atoms with Gasteiger partial charge in [-0.05, 0) is 20.3 Å². The summed E-state index contributed by atoms with van der Waals surface area (Å²) in [5.74, 6) is -0.545. The van der Waals surface area contributed by atoms with Gasteiger partial charge in [-0.15, -0.1) is 0 Å². The van der Waals surface area contributed by atoms with Gasteiger partial charge in [0.25, 0.3) is 0 Å². The van der Waals surface area contributed by atoms with E-state index in [0.29, 0.717) is 6.42 Å². The third-order valence-electron chi connectivity index (χ3n) is 2.54. The molecule has 0 spiro atoms. The van der Waals surface area contributed by atoms with Crippen LogP contribution in [0.2, 0.25) is 0 Å². The van der Waals surface area contributed by atoms with Gasteiger partial charge in [0.1, 0.15) is 0 Å². The predicted octanol–water partition coefficient (Wildman–Crippen LogP) is -0.845. The molecule has 16 heavy (non-hydrogen) atoms. The second kappa shape index (κ2) is 5.60. The Balaban J connectivity index is 4.57. The molecule has 1 unspecified atom stereocenters. The summed E-state index contributed by atoms with van der Waals surface area (Å²) in [5, 5.41) is -0.629. The molecule has 6 nitrogen and oxygen atoms in total. The van der Waals surface area contributed by atoms with Gasteiger partial charge in [-0.2, -0.15) is 0 Å². The molecule has 96 valence electrons. The van der Waals surface area contributed by atoms with Crippen LogP contribution in [-0.4, -0.2) is 32.7 Å². The molecule has 0 heterocycles. The molecule has 0 aromatic carbocycles. The van der Waals surface area contributed by atoms with Gasteiger partial charge in [0.05, 0.1) is 10.7 Å². The van der Waals surface area contributed by atoms with Crippen molar-refractivity contribution in [2.75, 3.05) is 13.1 Å². The van der Waals surface area contributed by atoms with Crippen molar-refractivity contribution in [1.82, 2.24) is 4.72 Å². The molecule has 0 aliphatic rings. The third-order valence-corrected chi connectivity index (χ3v) is 4.49. The van der Waals surface area contributed by atoms with Crippen LogP contribution in [0.1, 0.15) is 27.2 Å². The Bertz CT molecular complexity index is 334. The van der Waals surface area contributed by atoms with E-state index in [1.807, 2.05) is 0 Å². The molecule has 0 rings (SSSR count). The lowest BCUT2D eigenvalue weighted by molar-refractivity contribution is -0.125. The summed E-state index contributed by atoms with van der Waals surface area (Å²) >= 11 is 0. The lowest BCUT2D eigenvalue weighted by atomic mass is 9.93. The summed E-state index contributed by atoms with van der Waals surface area (Å²) in [5.41, 5.74) is 9.60. The number of nitrogens with two attached hydrogens (primary N) is 2. The van der Waals surface area contributed by atoms with E-state index in [9.17, 15) is 13.2 Å². The van der Waals surface area contributed by atoms with Crippen LogP contribution in [-0.2, 0) is 14.8 Å². The number of nitrogens with one attached hydrogen (secondary N) is 1. The Hall–Kier alpha value is -0.660. The first kappa shape index (κ1) is 15.3. The molecule has 0 aromatic rings. The van der Waals surface area contributed by atoms with Crippen molar-refractivity contribution in [2.45, 2.75) is 32.4 Å². The number of rotatable bonds is 7. The van der Waals surface area contributed by atoms with E-state index in [-0.39, 0.29) is 13.1 Å². The molecule has 0 radical (unpaired) electrons. The average molecular weight is 251 g/mol. The zero-order valence-electron chi connectivity index (χ0n) is 9.99. The van der Waals surface area contributed by atoms with E-state index in [0.717, 1.165) is 0 Å². The summed E-state index contributed by atoms with van der Waals surface area (Å²) in [6.07, 6.45) is 0.433. The first-order valence-corrected chi connectivity index (χ1v) is 6.70. The number of carbonyl (C=O) groups is 1. The van der Waals surface area contributed by atoms with Crippen molar-refractivity contribution in [1.29, 1.82) is 0 Å². The molecule has 0 aliphatic heterocycles. The highest BCUT2D eigenvalue weighted by Gasteiger charge is 2.29. The largest absolute Gasteiger partial charge is 0.369 e. The SMILES string of the molecule is CCC(CN)S(=O)(=O)NCC(C)(C)C(N)=O. The lowest BCUT2D eigenvalue weighted by Crippen LogP contribution is -2.46. The van der Waals surface area contributed by atoms with Crippen molar-refractivity contribution in [3.8, 4) is 0 Å². The van der Waals surface area contributed by atoms with Crippen LogP contribution in [0.15, 0.2) is 0 Å². The Morgan fingerprint density at radius 3 is 2.25 bits per heavy atom. The fourth-order valence-corrected chi connectivity index (χ4v) is 2.49. The summed E-state index contributed by atoms with van der Waals surface area (Å²) in [6, 6.07) is 0. The predicted molar refractivity (Wildman–Crippen MR) is 63.0 cm³/mol. The Kier molecular flexibility index (Phi) is 5.37. The van der Waals surface area contributed by atoms with Gasteiger partial charge in [0.2, 0.25) is 15.9 Å². The Morgan fingerprint density at radius 1 is 1.44 bits per heavy atom. The highest BCUT2D eigenvalue weighted by atomic mass is 32.2. The highest BCUT2D eigenvalue weighted by molar-refractivity contribution is 7.90. The minimum absolute atomic E-state index is 0.0127. The summed E-state index contributed by atoms with van der Waals surface area (Å²) < 4.78 is 25.8. The third kappa shape index (κ3) is 4.07. The van der Waals surface area contributed by atoms with Crippen LogP contribution in [0.3, 0.4) is 0 Å². The molecule has 0 saturated heterocycles. The van der Waals surface area contributed by atoms with Crippen LogP contribution < -0.4 is 16.2 Å². The average Bonchev–Trinajstić information content (AvgIpc) is 2.16. The monoisotopic (exact) mass is 251 g/mol. The molecule has 1 atom stereocenters. The van der Waals surface area contributed by atoms with E-state index in [4.69, 9.17) is 11.5 Å². The first-order chi connectivity index (χ1) is 7.17. The molecule has 0 aromatic heterocycles. The van der Waals surface area contributed by atoms with Gasteiger partial charge in [-0.25, -0.2) is 13.1 Å². The summed E-state index contributed by atoms with van der Waals surface area (Å²) in [7, 11) is -3.47. The van der Waals surface area contributed by atoms with Crippen molar-refractivity contribution < 1.29 is 13.2 Å². The normalized spacial score (nSPS) is 14.8. The lowest BCUT2D eigenvalue weighted by Gasteiger charge is -2.22. The highest BCUT2D eigenvalue weighted by Crippen LogP contribution is 2.13. The second-order valence-electron chi connectivity index (χ2n) is 4.38. The number of carbonyl (C=O) groups excluding carboxylic acids is 1. The van der Waals surface area contributed by atoms with Crippen molar-refractivity contribution >= 4 is 15.9 Å². The van der Waals surface area contributed by atoms with Crippen molar-refractivity contribution in [3.05, 3.63) is 0 Å². The van der Waals surface area contributed by atoms with Gasteiger partial charge < -0.3 is 11.5 Å². The maximum absolute atomic E-state index is 11.7. The van der Waals surface area contributed by atoms with Gasteiger partial charge in [-0.3, -0.25) is 4.79 Å². The van der Waals surface area contributed by atoms with Gasteiger partial charge >= 0.3 is 0 Å². The van der Waals surface area contributed by atoms with Gasteiger partial charge in [0.15, 0.2) is 0 Å². The Labute approximate surface area is 96.8 Å². The molecule has 7 heteroatoms. The first-order valence-electron chi connectivity index (χ1n) is 5.15. The zero-order valence-corrected chi connectivity index (χ0v) is 10.8. The number of sulfonamides is 1. The number of hydrogen-bond acceptors (Lipinski definition) is 4. The zero-order chi connectivity index (χ0) is 13.0. The topological polar surface area (TPSA) is 115 Å². The molecular weight excluding hydrogens is 230 g/mol. The maximum Gasteiger partial charge on any atom is 0.224 e. The molecule has 1 amide bonds. The molecule has 0 saturated carbocycles. The van der Waals surface area contributed by atoms with Crippen LogP contribution >= 0.6 is 0 Å². The van der Waals surface area contributed by atoms with E-state index in [1.54, 1.807) is 20.8 Å².